The lowest BCUT2D eigenvalue weighted by molar-refractivity contribution is 0.213. The number of hydrogen-bond acceptors (Lipinski definition) is 5. The monoisotopic (exact) mass is 397 g/mol. The van der Waals surface area contributed by atoms with E-state index in [0.29, 0.717) is 13.1 Å². The molecule has 1 saturated heterocycles. The Morgan fingerprint density at radius 2 is 1.90 bits per heavy atom. The summed E-state index contributed by atoms with van der Waals surface area (Å²) in [7, 11) is 3.40. The maximum Gasteiger partial charge on any atom is 0.191 e. The Balaban J connectivity index is 1.44. The van der Waals surface area contributed by atoms with Crippen LogP contribution in [0.5, 0.6) is 11.5 Å². The minimum Gasteiger partial charge on any atom is -0.493 e. The van der Waals surface area contributed by atoms with Crippen LogP contribution in [0, 0.1) is 0 Å². The summed E-state index contributed by atoms with van der Waals surface area (Å²) in [5, 5.41) is 6.62. The van der Waals surface area contributed by atoms with Crippen molar-refractivity contribution in [2.45, 2.75) is 32.4 Å². The number of anilines is 1. The van der Waals surface area contributed by atoms with Crippen LogP contribution in [0.15, 0.2) is 47.6 Å². The Kier molecular flexibility index (Phi) is 7.55. The normalized spacial score (nSPS) is 15.1. The second-order valence-corrected chi connectivity index (χ2v) is 7.10. The van der Waals surface area contributed by atoms with Crippen LogP contribution in [-0.2, 0) is 6.54 Å². The summed E-state index contributed by atoms with van der Waals surface area (Å²) >= 11 is 0. The van der Waals surface area contributed by atoms with Gasteiger partial charge in [-0.1, -0.05) is 18.2 Å². The number of para-hydroxylation sites is 2. The molecule has 0 spiro atoms. The number of nitrogens with one attached hydrogen (secondary N) is 2. The van der Waals surface area contributed by atoms with E-state index in [-0.39, 0.29) is 6.10 Å². The third kappa shape index (κ3) is 6.01. The Morgan fingerprint density at radius 3 is 2.55 bits per heavy atom. The maximum absolute atomic E-state index is 5.97. The van der Waals surface area contributed by atoms with Crippen molar-refractivity contribution in [3.63, 3.8) is 0 Å². The summed E-state index contributed by atoms with van der Waals surface area (Å²) in [6, 6.07) is 11.9. The molecule has 2 aromatic rings. The fourth-order valence-electron chi connectivity index (χ4n) is 3.28. The van der Waals surface area contributed by atoms with E-state index in [2.05, 4.69) is 37.6 Å². The molecule has 1 aromatic heterocycles. The van der Waals surface area contributed by atoms with Gasteiger partial charge in [-0.25, -0.2) is 4.98 Å². The lowest BCUT2D eigenvalue weighted by Gasteiger charge is -2.19. The molecule has 1 aliphatic rings. The average molecular weight is 398 g/mol. The number of aliphatic imine (C=N–C) groups is 1. The highest BCUT2D eigenvalue weighted by molar-refractivity contribution is 5.79. The van der Waals surface area contributed by atoms with Gasteiger partial charge in [0, 0.05) is 32.9 Å². The number of nitrogens with zero attached hydrogens (tertiary/aromatic N) is 3. The van der Waals surface area contributed by atoms with Gasteiger partial charge in [-0.05, 0) is 43.5 Å². The zero-order valence-corrected chi connectivity index (χ0v) is 17.5. The van der Waals surface area contributed by atoms with E-state index in [1.807, 2.05) is 37.4 Å². The second kappa shape index (κ2) is 10.5. The molecule has 7 heteroatoms. The molecule has 7 nitrogen and oxygen atoms in total. The molecule has 0 radical (unpaired) electrons. The van der Waals surface area contributed by atoms with Gasteiger partial charge in [-0.3, -0.25) is 4.99 Å². The zero-order chi connectivity index (χ0) is 20.5. The molecule has 0 amide bonds. The van der Waals surface area contributed by atoms with E-state index in [0.717, 1.165) is 41.9 Å². The van der Waals surface area contributed by atoms with Crippen molar-refractivity contribution in [1.29, 1.82) is 0 Å². The van der Waals surface area contributed by atoms with Crippen LogP contribution < -0.4 is 25.0 Å². The molecular formula is C22H31N5O2. The van der Waals surface area contributed by atoms with Crippen molar-refractivity contribution in [3.8, 4) is 11.5 Å². The van der Waals surface area contributed by atoms with Gasteiger partial charge in [-0.15, -0.1) is 0 Å². The first-order valence-electron chi connectivity index (χ1n) is 10.1. The van der Waals surface area contributed by atoms with Gasteiger partial charge in [0.2, 0.25) is 0 Å². The highest BCUT2D eigenvalue weighted by atomic mass is 16.5. The third-order valence-electron chi connectivity index (χ3n) is 4.88. The summed E-state index contributed by atoms with van der Waals surface area (Å²) in [6.45, 7) is 5.50. The van der Waals surface area contributed by atoms with E-state index < -0.39 is 0 Å². The van der Waals surface area contributed by atoms with Crippen LogP contribution in [0.4, 0.5) is 5.82 Å². The predicted molar refractivity (Wildman–Crippen MR) is 117 cm³/mol. The lowest BCUT2D eigenvalue weighted by atomic mass is 10.3. The van der Waals surface area contributed by atoms with Crippen molar-refractivity contribution in [3.05, 3.63) is 48.2 Å². The maximum atomic E-state index is 5.97. The highest BCUT2D eigenvalue weighted by Gasteiger charge is 2.13. The van der Waals surface area contributed by atoms with Crippen LogP contribution in [0.2, 0.25) is 0 Å². The van der Waals surface area contributed by atoms with E-state index in [1.54, 1.807) is 14.2 Å². The first-order chi connectivity index (χ1) is 14.2. The predicted octanol–water partition coefficient (Wildman–Crippen LogP) is 2.82. The second-order valence-electron chi connectivity index (χ2n) is 7.10. The smallest absolute Gasteiger partial charge is 0.191 e. The van der Waals surface area contributed by atoms with Crippen LogP contribution in [0.1, 0.15) is 25.3 Å². The summed E-state index contributed by atoms with van der Waals surface area (Å²) < 4.78 is 11.3. The molecule has 29 heavy (non-hydrogen) atoms. The van der Waals surface area contributed by atoms with Crippen LogP contribution in [0.3, 0.4) is 0 Å². The van der Waals surface area contributed by atoms with Crippen LogP contribution >= 0.6 is 0 Å². The summed E-state index contributed by atoms with van der Waals surface area (Å²) in [6.07, 6.45) is 4.39. The van der Waals surface area contributed by atoms with Crippen molar-refractivity contribution in [2.24, 2.45) is 4.99 Å². The van der Waals surface area contributed by atoms with Gasteiger partial charge in [0.15, 0.2) is 17.5 Å². The number of pyridine rings is 1. The molecule has 1 aromatic carbocycles. The fourth-order valence-corrected chi connectivity index (χ4v) is 3.28. The molecule has 1 unspecified atom stereocenters. The Morgan fingerprint density at radius 1 is 1.14 bits per heavy atom. The molecule has 3 rings (SSSR count). The van der Waals surface area contributed by atoms with E-state index in [9.17, 15) is 0 Å². The molecule has 1 fully saturated rings. The number of guanidine groups is 1. The van der Waals surface area contributed by atoms with Crippen molar-refractivity contribution in [2.75, 3.05) is 38.7 Å². The minimum absolute atomic E-state index is 0.0498. The number of methoxy groups -OCH3 is 1. The van der Waals surface area contributed by atoms with Gasteiger partial charge in [-0.2, -0.15) is 0 Å². The third-order valence-corrected chi connectivity index (χ3v) is 4.88. The number of hydrogen-bond donors (Lipinski definition) is 2. The molecule has 2 N–H and O–H groups in total. The molecule has 0 bridgehead atoms. The first-order valence-corrected chi connectivity index (χ1v) is 10.1. The van der Waals surface area contributed by atoms with E-state index in [4.69, 9.17) is 9.47 Å². The number of rotatable bonds is 8. The fraction of sp³-hybridized carbons (Fsp3) is 0.455. The van der Waals surface area contributed by atoms with Crippen molar-refractivity contribution < 1.29 is 9.47 Å². The highest BCUT2D eigenvalue weighted by Crippen LogP contribution is 2.26. The van der Waals surface area contributed by atoms with Gasteiger partial charge < -0.3 is 25.0 Å². The standard InChI is InChI=1S/C22H31N5O2/c1-17(29-20-9-5-4-8-19(20)28-3)14-25-22(23-2)26-16-18-10-11-21(24-15-18)27-12-6-7-13-27/h4-5,8-11,15,17H,6-7,12-14,16H2,1-3H3,(H2,23,25,26). The average Bonchev–Trinajstić information content (AvgIpc) is 3.29. The molecule has 2 heterocycles. The Labute approximate surface area is 173 Å². The Bertz CT molecular complexity index is 788. The zero-order valence-electron chi connectivity index (χ0n) is 17.5. The molecule has 0 aliphatic carbocycles. The minimum atomic E-state index is -0.0498. The summed E-state index contributed by atoms with van der Waals surface area (Å²) in [5.41, 5.74) is 1.12. The quantitative estimate of drug-likeness (QED) is 0.527. The summed E-state index contributed by atoms with van der Waals surface area (Å²) in [5.74, 6) is 3.25. The molecule has 1 aliphatic heterocycles. The SMILES string of the molecule is CN=C(NCc1ccc(N2CCCC2)nc1)NCC(C)Oc1ccccc1OC. The lowest BCUT2D eigenvalue weighted by Crippen LogP contribution is -2.41. The number of aromatic nitrogens is 1. The van der Waals surface area contributed by atoms with E-state index in [1.165, 1.54) is 12.8 Å². The molecular weight excluding hydrogens is 366 g/mol. The van der Waals surface area contributed by atoms with Gasteiger partial charge in [0.25, 0.3) is 0 Å². The van der Waals surface area contributed by atoms with E-state index >= 15 is 0 Å². The van der Waals surface area contributed by atoms with Crippen molar-refractivity contribution in [1.82, 2.24) is 15.6 Å². The van der Waals surface area contributed by atoms with Crippen molar-refractivity contribution >= 4 is 11.8 Å². The van der Waals surface area contributed by atoms with Crippen LogP contribution in [0.25, 0.3) is 0 Å². The van der Waals surface area contributed by atoms with Gasteiger partial charge >= 0.3 is 0 Å². The van der Waals surface area contributed by atoms with Gasteiger partial charge in [0.1, 0.15) is 11.9 Å². The summed E-state index contributed by atoms with van der Waals surface area (Å²) in [4.78, 5) is 11.2. The van der Waals surface area contributed by atoms with Crippen LogP contribution in [-0.4, -0.2) is 50.8 Å². The number of benzene rings is 1. The first kappa shape index (κ1) is 20.8. The number of ether oxygens (including phenoxy) is 2. The Hall–Kier alpha value is -2.96. The topological polar surface area (TPSA) is 71.0 Å². The van der Waals surface area contributed by atoms with Gasteiger partial charge in [0.05, 0.1) is 13.7 Å². The molecule has 0 saturated carbocycles. The molecule has 156 valence electrons. The molecule has 1 atom stereocenters. The largest absolute Gasteiger partial charge is 0.493 e.